The molecule has 15 heavy (non-hydrogen) atoms. The number of ether oxygens (including phenoxy) is 1. The molecule has 2 aliphatic heterocycles. The van der Waals surface area contributed by atoms with Crippen molar-refractivity contribution in [3.8, 4) is 0 Å². The fourth-order valence-electron chi connectivity index (χ4n) is 2.58. The van der Waals surface area contributed by atoms with Crippen LogP contribution in [0.4, 0.5) is 0 Å². The summed E-state index contributed by atoms with van der Waals surface area (Å²) in [6.07, 6.45) is 6.93. The Balaban J connectivity index is 1.78. The maximum absolute atomic E-state index is 5.78. The monoisotopic (exact) mass is 229 g/mol. The molecule has 2 heterocycles. The van der Waals surface area contributed by atoms with Crippen molar-refractivity contribution in [3.63, 3.8) is 0 Å². The first-order valence-corrected chi connectivity index (χ1v) is 7.51. The van der Waals surface area contributed by atoms with E-state index < -0.39 is 0 Å². The van der Waals surface area contributed by atoms with E-state index in [2.05, 4.69) is 24.0 Å². The molecule has 0 aliphatic carbocycles. The van der Waals surface area contributed by atoms with Crippen molar-refractivity contribution in [3.05, 3.63) is 0 Å². The van der Waals surface area contributed by atoms with Gasteiger partial charge in [-0.2, -0.15) is 11.8 Å². The van der Waals surface area contributed by atoms with Crippen LogP contribution in [0, 0.1) is 0 Å². The van der Waals surface area contributed by atoms with Crippen LogP contribution in [0.2, 0.25) is 0 Å². The molecule has 2 nitrogen and oxygen atoms in total. The molecule has 0 aromatic rings. The van der Waals surface area contributed by atoms with E-state index >= 15 is 0 Å². The van der Waals surface area contributed by atoms with Gasteiger partial charge in [0.1, 0.15) is 0 Å². The van der Waals surface area contributed by atoms with Gasteiger partial charge in [0.05, 0.1) is 6.10 Å². The SMILES string of the molecule is CCC(NC1CCCSC1)C1CCCO1. The minimum Gasteiger partial charge on any atom is -0.377 e. The zero-order valence-corrected chi connectivity index (χ0v) is 10.5. The molecule has 0 saturated carbocycles. The average Bonchev–Trinajstić information content (AvgIpc) is 2.81. The fraction of sp³-hybridized carbons (Fsp3) is 1.00. The molecule has 2 aliphatic rings. The van der Waals surface area contributed by atoms with Crippen molar-refractivity contribution in [2.45, 2.75) is 57.2 Å². The smallest absolute Gasteiger partial charge is 0.0728 e. The van der Waals surface area contributed by atoms with Gasteiger partial charge in [-0.1, -0.05) is 6.92 Å². The summed E-state index contributed by atoms with van der Waals surface area (Å²) in [5, 5.41) is 3.80. The Labute approximate surface area is 97.5 Å². The van der Waals surface area contributed by atoms with Gasteiger partial charge in [0.25, 0.3) is 0 Å². The third-order valence-corrected chi connectivity index (χ3v) is 4.68. The Kier molecular flexibility index (Phi) is 4.79. The molecule has 0 aromatic heterocycles. The van der Waals surface area contributed by atoms with E-state index in [1.807, 2.05) is 0 Å². The first-order chi connectivity index (χ1) is 7.40. The first kappa shape index (κ1) is 11.7. The largest absolute Gasteiger partial charge is 0.377 e. The molecule has 0 aromatic carbocycles. The lowest BCUT2D eigenvalue weighted by Gasteiger charge is -2.30. The molecule has 0 spiro atoms. The molecule has 1 N–H and O–H groups in total. The molecule has 0 amide bonds. The van der Waals surface area contributed by atoms with Crippen molar-refractivity contribution < 1.29 is 4.74 Å². The summed E-state index contributed by atoms with van der Waals surface area (Å²) in [6, 6.07) is 1.33. The Morgan fingerprint density at radius 2 is 2.33 bits per heavy atom. The lowest BCUT2D eigenvalue weighted by atomic mass is 10.0. The Bertz CT molecular complexity index is 176. The molecule has 3 atom stereocenters. The molecular weight excluding hydrogens is 206 g/mol. The number of thioether (sulfide) groups is 1. The molecule has 3 heteroatoms. The predicted octanol–water partition coefficient (Wildman–Crippen LogP) is 2.43. The highest BCUT2D eigenvalue weighted by Gasteiger charge is 2.26. The normalized spacial score (nSPS) is 34.2. The molecule has 0 bridgehead atoms. The molecule has 2 fully saturated rings. The van der Waals surface area contributed by atoms with Gasteiger partial charge in [0, 0.05) is 24.4 Å². The lowest BCUT2D eigenvalue weighted by Crippen LogP contribution is -2.46. The van der Waals surface area contributed by atoms with Crippen LogP contribution < -0.4 is 5.32 Å². The minimum absolute atomic E-state index is 0.488. The van der Waals surface area contributed by atoms with Crippen LogP contribution in [0.5, 0.6) is 0 Å². The number of hydrogen-bond acceptors (Lipinski definition) is 3. The summed E-state index contributed by atoms with van der Waals surface area (Å²) in [5.41, 5.74) is 0. The summed E-state index contributed by atoms with van der Waals surface area (Å²) in [6.45, 7) is 3.25. The van der Waals surface area contributed by atoms with Crippen LogP contribution in [0.3, 0.4) is 0 Å². The second-order valence-corrected chi connectivity index (χ2v) is 5.80. The van der Waals surface area contributed by atoms with E-state index in [4.69, 9.17) is 4.74 Å². The summed E-state index contributed by atoms with van der Waals surface area (Å²) in [5.74, 6) is 2.65. The average molecular weight is 229 g/mol. The van der Waals surface area contributed by atoms with Crippen LogP contribution >= 0.6 is 11.8 Å². The van der Waals surface area contributed by atoms with Crippen molar-refractivity contribution in [2.24, 2.45) is 0 Å². The van der Waals surface area contributed by atoms with Gasteiger partial charge < -0.3 is 10.1 Å². The lowest BCUT2D eigenvalue weighted by molar-refractivity contribution is 0.0732. The molecule has 88 valence electrons. The van der Waals surface area contributed by atoms with E-state index in [1.165, 1.54) is 43.6 Å². The third-order valence-electron chi connectivity index (χ3n) is 3.46. The van der Waals surface area contributed by atoms with Gasteiger partial charge in [0.15, 0.2) is 0 Å². The fourth-order valence-corrected chi connectivity index (χ4v) is 3.67. The summed E-state index contributed by atoms with van der Waals surface area (Å²) >= 11 is 2.09. The standard InChI is InChI=1S/C12H23NOS/c1-2-11(12-6-3-7-14-12)13-10-5-4-8-15-9-10/h10-13H,2-9H2,1H3. The zero-order chi connectivity index (χ0) is 10.5. The highest BCUT2D eigenvalue weighted by atomic mass is 32.2. The Hall–Kier alpha value is 0.270. The Morgan fingerprint density at radius 3 is 2.93 bits per heavy atom. The first-order valence-electron chi connectivity index (χ1n) is 6.35. The molecule has 2 rings (SSSR count). The highest BCUT2D eigenvalue weighted by molar-refractivity contribution is 7.99. The van der Waals surface area contributed by atoms with Crippen LogP contribution in [0.25, 0.3) is 0 Å². The number of hydrogen-bond donors (Lipinski definition) is 1. The van der Waals surface area contributed by atoms with Crippen LogP contribution in [0.15, 0.2) is 0 Å². The Morgan fingerprint density at radius 1 is 1.40 bits per heavy atom. The second-order valence-electron chi connectivity index (χ2n) is 4.65. The molecule has 3 unspecified atom stereocenters. The third kappa shape index (κ3) is 3.36. The van der Waals surface area contributed by atoms with Gasteiger partial charge in [-0.15, -0.1) is 0 Å². The highest BCUT2D eigenvalue weighted by Crippen LogP contribution is 2.21. The predicted molar refractivity (Wildman–Crippen MR) is 66.5 cm³/mol. The van der Waals surface area contributed by atoms with Crippen molar-refractivity contribution in [2.75, 3.05) is 18.1 Å². The van der Waals surface area contributed by atoms with E-state index in [9.17, 15) is 0 Å². The van der Waals surface area contributed by atoms with Crippen molar-refractivity contribution in [1.29, 1.82) is 0 Å². The van der Waals surface area contributed by atoms with Gasteiger partial charge >= 0.3 is 0 Å². The van der Waals surface area contributed by atoms with Gasteiger partial charge in [-0.3, -0.25) is 0 Å². The van der Waals surface area contributed by atoms with Crippen LogP contribution in [0.1, 0.15) is 39.0 Å². The van der Waals surface area contributed by atoms with Crippen LogP contribution in [-0.4, -0.2) is 36.3 Å². The number of nitrogens with one attached hydrogen (secondary N) is 1. The summed E-state index contributed by atoms with van der Waals surface area (Å²) < 4.78 is 5.78. The van der Waals surface area contributed by atoms with Crippen molar-refractivity contribution >= 4 is 11.8 Å². The van der Waals surface area contributed by atoms with Gasteiger partial charge in [0.2, 0.25) is 0 Å². The van der Waals surface area contributed by atoms with E-state index in [0.717, 1.165) is 12.6 Å². The van der Waals surface area contributed by atoms with E-state index in [1.54, 1.807) is 0 Å². The minimum atomic E-state index is 0.488. The number of rotatable bonds is 4. The maximum Gasteiger partial charge on any atom is 0.0728 e. The van der Waals surface area contributed by atoms with Crippen LogP contribution in [-0.2, 0) is 4.74 Å². The van der Waals surface area contributed by atoms with E-state index in [-0.39, 0.29) is 0 Å². The molecular formula is C12H23NOS. The molecule has 2 saturated heterocycles. The topological polar surface area (TPSA) is 21.3 Å². The summed E-state index contributed by atoms with van der Waals surface area (Å²) in [4.78, 5) is 0. The van der Waals surface area contributed by atoms with Crippen molar-refractivity contribution in [1.82, 2.24) is 5.32 Å². The quantitative estimate of drug-likeness (QED) is 0.800. The zero-order valence-electron chi connectivity index (χ0n) is 9.71. The second kappa shape index (κ2) is 6.12. The molecule has 0 radical (unpaired) electrons. The summed E-state index contributed by atoms with van der Waals surface area (Å²) in [7, 11) is 0. The van der Waals surface area contributed by atoms with Gasteiger partial charge in [-0.05, 0) is 37.9 Å². The maximum atomic E-state index is 5.78. The van der Waals surface area contributed by atoms with Gasteiger partial charge in [-0.25, -0.2) is 0 Å². The van der Waals surface area contributed by atoms with E-state index in [0.29, 0.717) is 12.1 Å².